The molecule has 0 atom stereocenters. The molecule has 0 aliphatic heterocycles. The predicted molar refractivity (Wildman–Crippen MR) is 73.1 cm³/mol. The second kappa shape index (κ2) is 5.93. The fourth-order valence-electron chi connectivity index (χ4n) is 1.53. The Balaban J connectivity index is 2.11. The molecule has 2 rings (SSSR count). The van der Waals surface area contributed by atoms with Crippen molar-refractivity contribution < 1.29 is 4.74 Å². The maximum atomic E-state index is 5.59. The molecule has 2 N–H and O–H groups in total. The highest BCUT2D eigenvalue weighted by atomic mass is 79.9. The number of rotatable bonds is 4. The van der Waals surface area contributed by atoms with Gasteiger partial charge >= 0.3 is 6.01 Å². The second-order valence-electron chi connectivity index (χ2n) is 3.87. The Morgan fingerprint density at radius 1 is 1.28 bits per heavy atom. The van der Waals surface area contributed by atoms with E-state index in [0.29, 0.717) is 19.2 Å². The molecule has 0 radical (unpaired) electrons. The van der Waals surface area contributed by atoms with Crippen molar-refractivity contribution >= 4 is 15.9 Å². The molecule has 1 heterocycles. The highest BCUT2D eigenvalue weighted by molar-refractivity contribution is 9.10. The zero-order valence-electron chi connectivity index (χ0n) is 10.1. The number of hydrogen-bond acceptors (Lipinski definition) is 4. The Morgan fingerprint density at radius 3 is 2.78 bits per heavy atom. The van der Waals surface area contributed by atoms with E-state index in [4.69, 9.17) is 10.5 Å². The van der Waals surface area contributed by atoms with Crippen LogP contribution >= 0.6 is 15.9 Å². The van der Waals surface area contributed by atoms with Crippen molar-refractivity contribution in [2.24, 2.45) is 5.73 Å². The van der Waals surface area contributed by atoms with Crippen molar-refractivity contribution in [2.45, 2.75) is 20.1 Å². The summed E-state index contributed by atoms with van der Waals surface area (Å²) in [5, 5.41) is 0. The molecule has 5 heteroatoms. The van der Waals surface area contributed by atoms with Crippen molar-refractivity contribution in [3.8, 4) is 6.01 Å². The molecule has 2 aromatic rings. The number of benzene rings is 1. The number of nitrogens with two attached hydrogens (primary N) is 1. The smallest absolute Gasteiger partial charge is 0.317 e. The van der Waals surface area contributed by atoms with Gasteiger partial charge in [-0.25, -0.2) is 4.98 Å². The minimum absolute atomic E-state index is 0.367. The quantitative estimate of drug-likeness (QED) is 0.943. The van der Waals surface area contributed by atoms with Crippen LogP contribution in [-0.2, 0) is 13.2 Å². The third-order valence-corrected chi connectivity index (χ3v) is 3.18. The standard InChI is InChI=1S/C13H14BrN3O/c1-9-6-11(7-15)17-13(16-9)18-8-10-4-2-3-5-12(10)14/h2-6H,7-8,15H2,1H3. The minimum atomic E-state index is 0.367. The molecule has 0 aliphatic rings. The van der Waals surface area contributed by atoms with Gasteiger partial charge in [-0.05, 0) is 19.1 Å². The molecule has 1 aromatic carbocycles. The van der Waals surface area contributed by atoms with Crippen LogP contribution < -0.4 is 10.5 Å². The van der Waals surface area contributed by atoms with Crippen molar-refractivity contribution in [3.05, 3.63) is 51.8 Å². The van der Waals surface area contributed by atoms with Gasteiger partial charge in [0.15, 0.2) is 0 Å². The Morgan fingerprint density at radius 2 is 2.06 bits per heavy atom. The van der Waals surface area contributed by atoms with Gasteiger partial charge in [0.05, 0.1) is 5.69 Å². The lowest BCUT2D eigenvalue weighted by atomic mass is 10.2. The number of aromatic nitrogens is 2. The molecule has 0 spiro atoms. The second-order valence-corrected chi connectivity index (χ2v) is 4.72. The first-order valence-electron chi connectivity index (χ1n) is 5.60. The van der Waals surface area contributed by atoms with Gasteiger partial charge in [0.25, 0.3) is 0 Å². The summed E-state index contributed by atoms with van der Waals surface area (Å²) >= 11 is 3.47. The molecule has 0 saturated carbocycles. The van der Waals surface area contributed by atoms with E-state index in [1.165, 1.54) is 0 Å². The lowest BCUT2D eigenvalue weighted by molar-refractivity contribution is 0.278. The predicted octanol–water partition coefficient (Wildman–Crippen LogP) is 2.59. The van der Waals surface area contributed by atoms with Gasteiger partial charge in [-0.1, -0.05) is 34.1 Å². The summed E-state index contributed by atoms with van der Waals surface area (Å²) in [6, 6.07) is 10.1. The number of hydrogen-bond donors (Lipinski definition) is 1. The summed E-state index contributed by atoms with van der Waals surface area (Å²) in [5.74, 6) is 0. The molecule has 0 saturated heterocycles. The number of nitrogens with zero attached hydrogens (tertiary/aromatic N) is 2. The van der Waals surface area contributed by atoms with Crippen molar-refractivity contribution in [3.63, 3.8) is 0 Å². The average Bonchev–Trinajstić information content (AvgIpc) is 2.37. The Hall–Kier alpha value is -1.46. The van der Waals surface area contributed by atoms with Crippen molar-refractivity contribution in [1.82, 2.24) is 9.97 Å². The Bertz CT molecular complexity index is 546. The summed E-state index contributed by atoms with van der Waals surface area (Å²) in [5.41, 5.74) is 8.25. The summed E-state index contributed by atoms with van der Waals surface area (Å²) in [4.78, 5) is 8.45. The van der Waals surface area contributed by atoms with Crippen molar-refractivity contribution in [2.75, 3.05) is 0 Å². The molecule has 0 amide bonds. The molecule has 0 fully saturated rings. The molecular formula is C13H14BrN3O. The third kappa shape index (κ3) is 3.27. The van der Waals surface area contributed by atoms with Gasteiger partial charge in [-0.3, -0.25) is 0 Å². The van der Waals surface area contributed by atoms with Gasteiger partial charge < -0.3 is 10.5 Å². The van der Waals surface area contributed by atoms with Crippen LogP contribution in [0.15, 0.2) is 34.8 Å². The van der Waals surface area contributed by atoms with Gasteiger partial charge in [0.1, 0.15) is 6.61 Å². The number of aryl methyl sites for hydroxylation is 1. The molecular weight excluding hydrogens is 294 g/mol. The van der Waals surface area contributed by atoms with Crippen LogP contribution in [0.4, 0.5) is 0 Å². The number of halogens is 1. The zero-order chi connectivity index (χ0) is 13.0. The van der Waals surface area contributed by atoms with Crippen LogP contribution in [0.3, 0.4) is 0 Å². The van der Waals surface area contributed by atoms with Crippen LogP contribution in [0, 0.1) is 6.92 Å². The fraction of sp³-hybridized carbons (Fsp3) is 0.231. The molecule has 94 valence electrons. The molecule has 18 heavy (non-hydrogen) atoms. The first-order chi connectivity index (χ1) is 8.69. The minimum Gasteiger partial charge on any atom is -0.459 e. The summed E-state index contributed by atoms with van der Waals surface area (Å²) in [7, 11) is 0. The fourth-order valence-corrected chi connectivity index (χ4v) is 1.93. The zero-order valence-corrected chi connectivity index (χ0v) is 11.6. The van der Waals surface area contributed by atoms with E-state index in [1.807, 2.05) is 37.3 Å². The maximum Gasteiger partial charge on any atom is 0.317 e. The molecule has 1 aromatic heterocycles. The topological polar surface area (TPSA) is 61.0 Å². The van der Waals surface area contributed by atoms with Gasteiger partial charge in [0, 0.05) is 22.3 Å². The van der Waals surface area contributed by atoms with Crippen LogP contribution in [0.25, 0.3) is 0 Å². The van der Waals surface area contributed by atoms with E-state index in [2.05, 4.69) is 25.9 Å². The largest absolute Gasteiger partial charge is 0.459 e. The van der Waals surface area contributed by atoms with Crippen molar-refractivity contribution in [1.29, 1.82) is 0 Å². The highest BCUT2D eigenvalue weighted by Crippen LogP contribution is 2.17. The molecule has 4 nitrogen and oxygen atoms in total. The number of ether oxygens (including phenoxy) is 1. The Kier molecular flexibility index (Phi) is 4.28. The monoisotopic (exact) mass is 307 g/mol. The molecule has 0 aliphatic carbocycles. The van der Waals surface area contributed by atoms with E-state index in [0.717, 1.165) is 21.4 Å². The lowest BCUT2D eigenvalue weighted by Gasteiger charge is -2.08. The van der Waals surface area contributed by atoms with Crippen LogP contribution in [-0.4, -0.2) is 9.97 Å². The van der Waals surface area contributed by atoms with Gasteiger partial charge in [-0.2, -0.15) is 4.98 Å². The van der Waals surface area contributed by atoms with E-state index < -0.39 is 0 Å². The van der Waals surface area contributed by atoms with Gasteiger partial charge in [-0.15, -0.1) is 0 Å². The van der Waals surface area contributed by atoms with Crippen LogP contribution in [0.2, 0.25) is 0 Å². The summed E-state index contributed by atoms with van der Waals surface area (Å²) < 4.78 is 6.60. The summed E-state index contributed by atoms with van der Waals surface area (Å²) in [6.45, 7) is 2.70. The van der Waals surface area contributed by atoms with Crippen LogP contribution in [0.5, 0.6) is 6.01 Å². The highest BCUT2D eigenvalue weighted by Gasteiger charge is 2.04. The van der Waals surface area contributed by atoms with E-state index >= 15 is 0 Å². The van der Waals surface area contributed by atoms with Crippen LogP contribution in [0.1, 0.15) is 17.0 Å². The Labute approximate surface area is 114 Å². The molecule has 0 bridgehead atoms. The van der Waals surface area contributed by atoms with E-state index in [1.54, 1.807) is 0 Å². The first kappa shape index (κ1) is 13.0. The summed E-state index contributed by atoms with van der Waals surface area (Å²) in [6.07, 6.45) is 0. The van der Waals surface area contributed by atoms with E-state index in [9.17, 15) is 0 Å². The first-order valence-corrected chi connectivity index (χ1v) is 6.39. The SMILES string of the molecule is Cc1cc(CN)nc(OCc2ccccc2Br)n1. The molecule has 0 unspecified atom stereocenters. The third-order valence-electron chi connectivity index (χ3n) is 2.41. The van der Waals surface area contributed by atoms with E-state index in [-0.39, 0.29) is 0 Å². The van der Waals surface area contributed by atoms with Gasteiger partial charge in [0.2, 0.25) is 0 Å². The lowest BCUT2D eigenvalue weighted by Crippen LogP contribution is -2.06. The average molecular weight is 308 g/mol. The normalized spacial score (nSPS) is 10.4. The maximum absolute atomic E-state index is 5.59.